The maximum absolute atomic E-state index is 12.9. The van der Waals surface area contributed by atoms with Crippen LogP contribution in [0, 0.1) is 0 Å². The van der Waals surface area contributed by atoms with E-state index in [1.807, 2.05) is 0 Å². The minimum absolute atomic E-state index is 0.260. The third-order valence-electron chi connectivity index (χ3n) is 1.95. The summed E-state index contributed by atoms with van der Waals surface area (Å²) >= 11 is 0. The van der Waals surface area contributed by atoms with Crippen LogP contribution in [0.3, 0.4) is 0 Å². The van der Waals surface area contributed by atoms with Crippen molar-refractivity contribution in [2.45, 2.75) is 0 Å². The van der Waals surface area contributed by atoms with Crippen molar-refractivity contribution in [3.63, 3.8) is 0 Å². The van der Waals surface area contributed by atoms with Gasteiger partial charge in [0.2, 0.25) is 0 Å². The number of halogens is 1. The monoisotopic (exact) mass is 194 g/mol. The summed E-state index contributed by atoms with van der Waals surface area (Å²) in [7, 11) is 1.30. The van der Waals surface area contributed by atoms with Gasteiger partial charge in [-0.05, 0) is 18.2 Å². The molecule has 0 fully saturated rings. The van der Waals surface area contributed by atoms with Crippen LogP contribution < -0.4 is 0 Å². The first-order chi connectivity index (χ1) is 6.72. The van der Waals surface area contributed by atoms with Gasteiger partial charge >= 0.3 is 5.97 Å². The van der Waals surface area contributed by atoms with Crippen molar-refractivity contribution in [3.8, 4) is 0 Å². The van der Waals surface area contributed by atoms with Gasteiger partial charge < -0.3 is 4.74 Å². The molecule has 0 aliphatic carbocycles. The summed E-state index contributed by atoms with van der Waals surface area (Å²) in [5, 5.41) is 3.99. The Morgan fingerprint density at radius 2 is 2.36 bits per heavy atom. The Bertz CT molecular complexity index is 493. The van der Waals surface area contributed by atoms with Crippen molar-refractivity contribution >= 4 is 16.9 Å². The van der Waals surface area contributed by atoms with Gasteiger partial charge in [0.1, 0.15) is 5.52 Å². The smallest absolute Gasteiger partial charge is 0.337 e. The Morgan fingerprint density at radius 3 is 3.07 bits per heavy atom. The van der Waals surface area contributed by atoms with Crippen LogP contribution in [0.15, 0.2) is 24.4 Å². The van der Waals surface area contributed by atoms with E-state index in [9.17, 15) is 9.28 Å². The zero-order chi connectivity index (χ0) is 10.1. The molecule has 14 heavy (non-hydrogen) atoms. The van der Waals surface area contributed by atoms with Gasteiger partial charge in [-0.3, -0.25) is 0 Å². The number of carbonyl (C=O) groups is 1. The zero-order valence-corrected chi connectivity index (χ0v) is 7.40. The van der Waals surface area contributed by atoms with E-state index in [1.165, 1.54) is 31.5 Å². The summed E-state index contributed by atoms with van der Waals surface area (Å²) in [4.78, 5) is 11.4. The number of ether oxygens (including phenoxy) is 1. The van der Waals surface area contributed by atoms with E-state index in [2.05, 4.69) is 9.84 Å². The van der Waals surface area contributed by atoms with Crippen molar-refractivity contribution in [1.82, 2.24) is 10.0 Å². The van der Waals surface area contributed by atoms with Crippen molar-refractivity contribution in [2.75, 3.05) is 7.11 Å². The second-order valence-corrected chi connectivity index (χ2v) is 2.77. The van der Waals surface area contributed by atoms with E-state index in [1.54, 1.807) is 0 Å². The highest BCUT2D eigenvalue weighted by Crippen LogP contribution is 2.16. The molecule has 0 unspecified atom stereocenters. The lowest BCUT2D eigenvalue weighted by atomic mass is 10.2. The lowest BCUT2D eigenvalue weighted by Crippen LogP contribution is -2.00. The third-order valence-corrected chi connectivity index (χ3v) is 1.95. The van der Waals surface area contributed by atoms with Gasteiger partial charge in [-0.25, -0.2) is 4.79 Å². The van der Waals surface area contributed by atoms with Crippen LogP contribution >= 0.6 is 0 Å². The van der Waals surface area contributed by atoms with Crippen LogP contribution in [-0.2, 0) is 4.74 Å². The molecule has 0 atom stereocenters. The number of esters is 1. The van der Waals surface area contributed by atoms with E-state index < -0.39 is 5.97 Å². The Labute approximate surface area is 78.8 Å². The van der Waals surface area contributed by atoms with Crippen molar-refractivity contribution in [2.24, 2.45) is 0 Å². The standard InChI is InChI=1S/C9H7FN2O2/c1-14-9(13)6-2-3-8-7(4-6)5-11-12(8)10/h2-5H,1H3. The fraction of sp³-hybridized carbons (Fsp3) is 0.111. The molecule has 5 heteroatoms. The molecule has 0 saturated carbocycles. The molecule has 0 aliphatic heterocycles. The number of methoxy groups -OCH3 is 1. The Kier molecular flexibility index (Phi) is 1.92. The molecule has 0 radical (unpaired) electrons. The quantitative estimate of drug-likeness (QED) is 0.647. The molecular weight excluding hydrogens is 187 g/mol. The van der Waals surface area contributed by atoms with Crippen LogP contribution in [0.1, 0.15) is 10.4 Å². The molecule has 0 spiro atoms. The Balaban J connectivity index is 2.57. The first-order valence-electron chi connectivity index (χ1n) is 3.94. The van der Waals surface area contributed by atoms with Gasteiger partial charge in [0.25, 0.3) is 0 Å². The molecule has 0 bridgehead atoms. The largest absolute Gasteiger partial charge is 0.465 e. The predicted octanol–water partition coefficient (Wildman–Crippen LogP) is 1.56. The molecular formula is C9H7FN2O2. The van der Waals surface area contributed by atoms with Crippen molar-refractivity contribution in [3.05, 3.63) is 30.0 Å². The van der Waals surface area contributed by atoms with Crippen LogP contribution in [0.25, 0.3) is 10.9 Å². The number of benzene rings is 1. The van der Waals surface area contributed by atoms with E-state index in [4.69, 9.17) is 0 Å². The first kappa shape index (κ1) is 8.68. The van der Waals surface area contributed by atoms with E-state index in [-0.39, 0.29) is 4.90 Å². The average molecular weight is 194 g/mol. The number of nitrogens with zero attached hydrogens (tertiary/aromatic N) is 2. The zero-order valence-electron chi connectivity index (χ0n) is 7.40. The van der Waals surface area contributed by atoms with Gasteiger partial charge in [-0.15, -0.1) is 5.10 Å². The molecule has 2 rings (SSSR count). The molecule has 0 N–H and O–H groups in total. The van der Waals surface area contributed by atoms with Crippen LogP contribution in [-0.4, -0.2) is 23.1 Å². The molecule has 1 aromatic heterocycles. The summed E-state index contributed by atoms with van der Waals surface area (Å²) in [6.07, 6.45) is 1.35. The van der Waals surface area contributed by atoms with Gasteiger partial charge in [-0.2, -0.15) is 0 Å². The highest BCUT2D eigenvalue weighted by atomic mass is 19.2. The molecule has 0 aliphatic rings. The van der Waals surface area contributed by atoms with Crippen molar-refractivity contribution in [1.29, 1.82) is 0 Å². The minimum Gasteiger partial charge on any atom is -0.465 e. The third kappa shape index (κ3) is 1.22. The SMILES string of the molecule is COC(=O)c1ccc2c(cnn2F)c1. The second-order valence-electron chi connectivity index (χ2n) is 2.77. The summed E-state index contributed by atoms with van der Waals surface area (Å²) in [5.41, 5.74) is 0.714. The second kappa shape index (κ2) is 3.10. The number of hydrogen-bond donors (Lipinski definition) is 0. The first-order valence-corrected chi connectivity index (χ1v) is 3.94. The number of rotatable bonds is 1. The fourth-order valence-corrected chi connectivity index (χ4v) is 1.25. The highest BCUT2D eigenvalue weighted by molar-refractivity contribution is 5.94. The lowest BCUT2D eigenvalue weighted by molar-refractivity contribution is 0.0601. The Morgan fingerprint density at radius 1 is 1.57 bits per heavy atom. The lowest BCUT2D eigenvalue weighted by Gasteiger charge is -1.98. The molecule has 1 aromatic carbocycles. The predicted molar refractivity (Wildman–Crippen MR) is 47.6 cm³/mol. The molecule has 72 valence electrons. The van der Waals surface area contributed by atoms with Crippen LogP contribution in [0.4, 0.5) is 4.48 Å². The normalized spacial score (nSPS) is 10.4. The summed E-state index contributed by atoms with van der Waals surface area (Å²) in [6.45, 7) is 0. The van der Waals surface area contributed by atoms with Gasteiger partial charge in [0.05, 0.1) is 18.9 Å². The van der Waals surface area contributed by atoms with E-state index >= 15 is 0 Å². The topological polar surface area (TPSA) is 44.1 Å². The van der Waals surface area contributed by atoms with Gasteiger partial charge in [0, 0.05) is 5.39 Å². The summed E-state index contributed by atoms with van der Waals surface area (Å²) < 4.78 is 17.4. The van der Waals surface area contributed by atoms with Gasteiger partial charge in [-0.1, -0.05) is 9.39 Å². The van der Waals surface area contributed by atoms with Crippen LogP contribution in [0.2, 0.25) is 0 Å². The summed E-state index contributed by atoms with van der Waals surface area (Å²) in [5.74, 6) is -0.446. The molecule has 2 aromatic rings. The summed E-state index contributed by atoms with van der Waals surface area (Å²) in [6, 6.07) is 4.50. The maximum Gasteiger partial charge on any atom is 0.337 e. The highest BCUT2D eigenvalue weighted by Gasteiger charge is 2.08. The van der Waals surface area contributed by atoms with E-state index in [0.29, 0.717) is 16.5 Å². The molecule has 0 saturated heterocycles. The fourth-order valence-electron chi connectivity index (χ4n) is 1.25. The molecule has 0 amide bonds. The number of aromatic nitrogens is 2. The molecule has 1 heterocycles. The maximum atomic E-state index is 12.9. The van der Waals surface area contributed by atoms with Gasteiger partial charge in [0.15, 0.2) is 0 Å². The minimum atomic E-state index is -0.446. The van der Waals surface area contributed by atoms with Crippen molar-refractivity contribution < 1.29 is 14.0 Å². The number of fused-ring (bicyclic) bond motifs is 1. The Hall–Kier alpha value is -1.91. The van der Waals surface area contributed by atoms with Crippen LogP contribution in [0.5, 0.6) is 0 Å². The number of hydrogen-bond acceptors (Lipinski definition) is 3. The average Bonchev–Trinajstić information content (AvgIpc) is 2.59. The van der Waals surface area contributed by atoms with E-state index in [0.717, 1.165) is 0 Å². The molecule has 4 nitrogen and oxygen atoms in total. The number of carbonyl (C=O) groups excluding carboxylic acids is 1.